The van der Waals surface area contributed by atoms with E-state index in [4.69, 9.17) is 9.47 Å². The van der Waals surface area contributed by atoms with E-state index in [2.05, 4.69) is 0 Å². The topological polar surface area (TPSA) is 96.3 Å². The molecule has 0 saturated carbocycles. The quantitative estimate of drug-likeness (QED) is 0.300. The number of likely N-dealkylation sites (tertiary alicyclic amines) is 1. The zero-order valence-corrected chi connectivity index (χ0v) is 17.0. The highest BCUT2D eigenvalue weighted by Crippen LogP contribution is 2.40. The van der Waals surface area contributed by atoms with Gasteiger partial charge in [0.15, 0.2) is 0 Å². The smallest absolute Gasteiger partial charge is 0.295 e. The minimum absolute atomic E-state index is 0.0109. The van der Waals surface area contributed by atoms with Crippen LogP contribution in [-0.4, -0.2) is 53.7 Å². The fraction of sp³-hybridized carbons (Fsp3) is 0.304. The third-order valence-corrected chi connectivity index (χ3v) is 4.91. The van der Waals surface area contributed by atoms with Crippen LogP contribution >= 0.6 is 0 Å². The summed E-state index contributed by atoms with van der Waals surface area (Å²) in [5.41, 5.74) is 1.02. The van der Waals surface area contributed by atoms with Crippen LogP contribution in [0, 0.1) is 0 Å². The molecule has 1 aliphatic rings. The molecule has 1 aliphatic heterocycles. The van der Waals surface area contributed by atoms with E-state index < -0.39 is 17.7 Å². The average molecular weight is 411 g/mol. The van der Waals surface area contributed by atoms with Crippen LogP contribution in [0.1, 0.15) is 30.5 Å². The van der Waals surface area contributed by atoms with Gasteiger partial charge in [0.25, 0.3) is 11.7 Å². The van der Waals surface area contributed by atoms with Crippen molar-refractivity contribution in [3.05, 3.63) is 65.2 Å². The third-order valence-electron chi connectivity index (χ3n) is 4.91. The Morgan fingerprint density at radius 3 is 2.53 bits per heavy atom. The number of aliphatic hydroxyl groups excluding tert-OH is 1. The van der Waals surface area contributed by atoms with Gasteiger partial charge in [-0.2, -0.15) is 0 Å². The molecule has 1 fully saturated rings. The molecule has 1 unspecified atom stereocenters. The molecule has 0 aliphatic carbocycles. The lowest BCUT2D eigenvalue weighted by Gasteiger charge is -2.25. The Kier molecular flexibility index (Phi) is 6.74. The highest BCUT2D eigenvalue weighted by molar-refractivity contribution is 6.46. The van der Waals surface area contributed by atoms with E-state index in [1.807, 2.05) is 6.92 Å². The summed E-state index contributed by atoms with van der Waals surface area (Å²) in [4.78, 5) is 27.1. The summed E-state index contributed by atoms with van der Waals surface area (Å²) >= 11 is 0. The van der Waals surface area contributed by atoms with Crippen molar-refractivity contribution in [1.82, 2.24) is 4.90 Å². The van der Waals surface area contributed by atoms with E-state index in [1.165, 1.54) is 17.0 Å². The number of phenols is 1. The number of carbonyl (C=O) groups is 2. The number of methoxy groups -OCH3 is 1. The predicted molar refractivity (Wildman–Crippen MR) is 111 cm³/mol. The normalized spacial score (nSPS) is 18.1. The van der Waals surface area contributed by atoms with Gasteiger partial charge in [0.2, 0.25) is 0 Å². The first-order valence-electron chi connectivity index (χ1n) is 9.77. The number of hydrogen-bond acceptors (Lipinski definition) is 6. The molecule has 3 rings (SSSR count). The first-order chi connectivity index (χ1) is 14.5. The molecule has 1 amide bonds. The van der Waals surface area contributed by atoms with Gasteiger partial charge in [-0.3, -0.25) is 9.59 Å². The molecule has 0 bridgehead atoms. The first kappa shape index (κ1) is 21.4. The van der Waals surface area contributed by atoms with Crippen LogP contribution in [0.2, 0.25) is 0 Å². The largest absolute Gasteiger partial charge is 0.508 e. The van der Waals surface area contributed by atoms with Gasteiger partial charge in [0.05, 0.1) is 18.2 Å². The lowest BCUT2D eigenvalue weighted by Crippen LogP contribution is -2.31. The van der Waals surface area contributed by atoms with Gasteiger partial charge in [-0.15, -0.1) is 0 Å². The highest BCUT2D eigenvalue weighted by Gasteiger charge is 2.45. The minimum Gasteiger partial charge on any atom is -0.508 e. The van der Waals surface area contributed by atoms with Crippen molar-refractivity contribution in [2.45, 2.75) is 19.4 Å². The summed E-state index contributed by atoms with van der Waals surface area (Å²) in [6.45, 7) is 3.03. The molecule has 1 atom stereocenters. The van der Waals surface area contributed by atoms with Crippen LogP contribution < -0.4 is 4.74 Å². The van der Waals surface area contributed by atoms with Crippen LogP contribution in [0.15, 0.2) is 54.1 Å². The monoisotopic (exact) mass is 411 g/mol. The molecular weight excluding hydrogens is 386 g/mol. The van der Waals surface area contributed by atoms with E-state index in [-0.39, 0.29) is 17.1 Å². The van der Waals surface area contributed by atoms with Crippen molar-refractivity contribution >= 4 is 17.4 Å². The zero-order valence-electron chi connectivity index (χ0n) is 17.0. The summed E-state index contributed by atoms with van der Waals surface area (Å²) in [6.07, 6.45) is 0.540. The average Bonchev–Trinajstić information content (AvgIpc) is 2.99. The standard InChI is InChI=1S/C23H25NO6/c1-3-30-18-7-4-6-16(14-18)21(26)19-20(15-8-10-17(25)11-9-15)24(12-5-13-29-2)23(28)22(19)27/h4,6-11,14,20,25-26H,3,5,12-13H2,1-2H3/b21-19-. The fourth-order valence-corrected chi connectivity index (χ4v) is 3.55. The van der Waals surface area contributed by atoms with E-state index in [1.54, 1.807) is 43.5 Å². The predicted octanol–water partition coefficient (Wildman–Crippen LogP) is 3.25. The van der Waals surface area contributed by atoms with Gasteiger partial charge in [-0.25, -0.2) is 0 Å². The van der Waals surface area contributed by atoms with Crippen molar-refractivity contribution in [2.75, 3.05) is 26.9 Å². The number of carbonyl (C=O) groups excluding carboxylic acids is 2. The lowest BCUT2D eigenvalue weighted by atomic mass is 9.95. The van der Waals surface area contributed by atoms with E-state index in [0.717, 1.165) is 0 Å². The number of ether oxygens (including phenoxy) is 2. The maximum atomic E-state index is 12.9. The second-order valence-corrected chi connectivity index (χ2v) is 6.89. The number of Topliss-reactive ketones (excluding diaryl/α,β-unsaturated/α-hetero) is 1. The molecule has 7 heteroatoms. The van der Waals surface area contributed by atoms with Gasteiger partial charge in [0.1, 0.15) is 17.3 Å². The number of phenolic OH excluding ortho intramolecular Hbond substituents is 1. The number of benzene rings is 2. The Morgan fingerprint density at radius 2 is 1.87 bits per heavy atom. The minimum atomic E-state index is -0.766. The Morgan fingerprint density at radius 1 is 1.13 bits per heavy atom. The van der Waals surface area contributed by atoms with Crippen molar-refractivity contribution in [3.8, 4) is 11.5 Å². The van der Waals surface area contributed by atoms with Gasteiger partial charge < -0.3 is 24.6 Å². The van der Waals surface area contributed by atoms with Crippen molar-refractivity contribution in [1.29, 1.82) is 0 Å². The van der Waals surface area contributed by atoms with Gasteiger partial charge in [-0.05, 0) is 43.2 Å². The summed E-state index contributed by atoms with van der Waals surface area (Å²) in [5.74, 6) is -1.06. The number of ketones is 1. The van der Waals surface area contributed by atoms with Crippen molar-refractivity contribution in [2.24, 2.45) is 0 Å². The van der Waals surface area contributed by atoms with Gasteiger partial charge in [-0.1, -0.05) is 24.3 Å². The molecule has 0 radical (unpaired) electrons. The maximum Gasteiger partial charge on any atom is 0.295 e. The number of amides is 1. The number of nitrogens with zero attached hydrogens (tertiary/aromatic N) is 1. The van der Waals surface area contributed by atoms with Gasteiger partial charge >= 0.3 is 0 Å². The summed E-state index contributed by atoms with van der Waals surface area (Å²) in [6, 6.07) is 12.2. The molecule has 1 heterocycles. The van der Waals surface area contributed by atoms with Crippen LogP contribution in [-0.2, 0) is 14.3 Å². The van der Waals surface area contributed by atoms with E-state index in [9.17, 15) is 19.8 Å². The Hall–Kier alpha value is -3.32. The summed E-state index contributed by atoms with van der Waals surface area (Å²) in [5, 5.41) is 20.7. The highest BCUT2D eigenvalue weighted by atomic mass is 16.5. The van der Waals surface area contributed by atoms with Gasteiger partial charge in [0, 0.05) is 25.8 Å². The second kappa shape index (κ2) is 9.45. The van der Waals surface area contributed by atoms with Crippen LogP contribution in [0.3, 0.4) is 0 Å². The zero-order chi connectivity index (χ0) is 21.7. The molecule has 30 heavy (non-hydrogen) atoms. The molecule has 158 valence electrons. The number of rotatable bonds is 8. The molecule has 2 aromatic carbocycles. The molecular formula is C23H25NO6. The lowest BCUT2D eigenvalue weighted by molar-refractivity contribution is -0.140. The molecule has 1 saturated heterocycles. The Bertz CT molecular complexity index is 950. The molecule has 0 spiro atoms. The Labute approximate surface area is 175 Å². The Balaban J connectivity index is 2.10. The summed E-state index contributed by atoms with van der Waals surface area (Å²) < 4.78 is 10.5. The first-order valence-corrected chi connectivity index (χ1v) is 9.77. The maximum absolute atomic E-state index is 12.9. The van der Waals surface area contributed by atoms with E-state index in [0.29, 0.717) is 43.1 Å². The van der Waals surface area contributed by atoms with Crippen LogP contribution in [0.4, 0.5) is 0 Å². The van der Waals surface area contributed by atoms with Crippen LogP contribution in [0.25, 0.3) is 5.76 Å². The van der Waals surface area contributed by atoms with E-state index >= 15 is 0 Å². The van der Waals surface area contributed by atoms with Crippen LogP contribution in [0.5, 0.6) is 11.5 Å². The number of hydrogen-bond donors (Lipinski definition) is 2. The summed E-state index contributed by atoms with van der Waals surface area (Å²) in [7, 11) is 1.57. The van der Waals surface area contributed by atoms with Crippen molar-refractivity contribution in [3.63, 3.8) is 0 Å². The number of aliphatic hydroxyl groups is 1. The molecule has 2 N–H and O–H groups in total. The SMILES string of the molecule is CCOc1cccc(/C(O)=C2/C(=O)C(=O)N(CCCOC)C2c2ccc(O)cc2)c1. The molecule has 7 nitrogen and oxygen atoms in total. The molecule has 0 aromatic heterocycles. The third kappa shape index (κ3) is 4.31. The molecule has 2 aromatic rings. The second-order valence-electron chi connectivity index (χ2n) is 6.89. The van der Waals surface area contributed by atoms with Crippen molar-refractivity contribution < 1.29 is 29.3 Å². The number of aromatic hydroxyl groups is 1. The fourth-order valence-electron chi connectivity index (χ4n) is 3.55.